The molecule has 1 aromatic rings. The smallest absolute Gasteiger partial charge is 0.150 e. The summed E-state index contributed by atoms with van der Waals surface area (Å²) in [6.07, 6.45) is 4.17. The lowest BCUT2D eigenvalue weighted by Crippen LogP contribution is -2.15. The van der Waals surface area contributed by atoms with E-state index < -0.39 is 0 Å². The van der Waals surface area contributed by atoms with Crippen LogP contribution >= 0.6 is 11.6 Å². The van der Waals surface area contributed by atoms with Crippen LogP contribution in [0.4, 0.5) is 0 Å². The van der Waals surface area contributed by atoms with Crippen molar-refractivity contribution >= 4 is 11.6 Å². The summed E-state index contributed by atoms with van der Waals surface area (Å²) in [4.78, 5) is 4.06. The Morgan fingerprint density at radius 2 is 2.55 bits per heavy atom. The summed E-state index contributed by atoms with van der Waals surface area (Å²) in [6, 6.07) is 0. The Morgan fingerprint density at radius 3 is 3.36 bits per heavy atom. The third-order valence-electron chi connectivity index (χ3n) is 2.30. The average molecular weight is 171 g/mol. The molecule has 1 aliphatic heterocycles. The molecule has 0 aromatic carbocycles. The largest absolute Gasteiger partial charge is 0.333 e. The fourth-order valence-corrected chi connectivity index (χ4v) is 1.80. The summed E-state index contributed by atoms with van der Waals surface area (Å²) < 4.78 is 2.16. The molecule has 0 bridgehead atoms. The van der Waals surface area contributed by atoms with Crippen LogP contribution in [0.1, 0.15) is 19.0 Å². The summed E-state index contributed by atoms with van der Waals surface area (Å²) in [7, 11) is 0. The van der Waals surface area contributed by atoms with Crippen molar-refractivity contribution in [2.45, 2.75) is 26.3 Å². The predicted octanol–water partition coefficient (Wildman–Crippen LogP) is 2.12. The third kappa shape index (κ3) is 1.16. The number of halogens is 1. The molecule has 2 heterocycles. The highest BCUT2D eigenvalue weighted by molar-refractivity contribution is 6.30. The number of fused-ring (bicyclic) bond motifs is 1. The van der Waals surface area contributed by atoms with Crippen LogP contribution in [-0.2, 0) is 13.0 Å². The second-order valence-electron chi connectivity index (χ2n) is 3.27. The second-order valence-corrected chi connectivity index (χ2v) is 3.63. The van der Waals surface area contributed by atoms with E-state index in [1.165, 1.54) is 12.1 Å². The molecular formula is C8H11ClN2. The molecule has 0 amide bonds. The van der Waals surface area contributed by atoms with E-state index in [4.69, 9.17) is 11.6 Å². The van der Waals surface area contributed by atoms with E-state index in [1.54, 1.807) is 0 Å². The summed E-state index contributed by atoms with van der Waals surface area (Å²) in [5.41, 5.74) is 1.21. The molecule has 1 unspecified atom stereocenters. The highest BCUT2D eigenvalue weighted by Gasteiger charge is 2.17. The van der Waals surface area contributed by atoms with Crippen LogP contribution in [0.15, 0.2) is 6.33 Å². The molecule has 0 saturated heterocycles. The van der Waals surface area contributed by atoms with E-state index in [2.05, 4.69) is 16.5 Å². The number of hydrogen-bond acceptors (Lipinski definition) is 1. The molecule has 0 aliphatic carbocycles. The monoisotopic (exact) mass is 170 g/mol. The second kappa shape index (κ2) is 2.52. The molecular weight excluding hydrogens is 160 g/mol. The third-order valence-corrected chi connectivity index (χ3v) is 2.62. The fourth-order valence-electron chi connectivity index (χ4n) is 1.57. The molecule has 0 saturated carbocycles. The molecule has 3 heteroatoms. The summed E-state index contributed by atoms with van der Waals surface area (Å²) in [6.45, 7) is 3.34. The zero-order valence-corrected chi connectivity index (χ0v) is 7.30. The topological polar surface area (TPSA) is 17.8 Å². The van der Waals surface area contributed by atoms with Crippen LogP contribution in [0.5, 0.6) is 0 Å². The first-order valence-corrected chi connectivity index (χ1v) is 4.34. The van der Waals surface area contributed by atoms with Crippen molar-refractivity contribution < 1.29 is 0 Å². The van der Waals surface area contributed by atoms with Gasteiger partial charge in [-0.15, -0.1) is 0 Å². The first-order chi connectivity index (χ1) is 5.27. The van der Waals surface area contributed by atoms with E-state index in [9.17, 15) is 0 Å². The maximum atomic E-state index is 5.89. The van der Waals surface area contributed by atoms with Gasteiger partial charge in [0.05, 0.1) is 12.0 Å². The zero-order valence-electron chi connectivity index (χ0n) is 6.55. The van der Waals surface area contributed by atoms with Crippen molar-refractivity contribution in [3.8, 4) is 0 Å². The highest BCUT2D eigenvalue weighted by Crippen LogP contribution is 2.24. The normalized spacial score (nSPS) is 23.3. The molecule has 1 atom stereocenters. The lowest BCUT2D eigenvalue weighted by molar-refractivity contribution is 0.417. The minimum absolute atomic E-state index is 0.691. The predicted molar refractivity (Wildman–Crippen MR) is 44.7 cm³/mol. The van der Waals surface area contributed by atoms with E-state index in [-0.39, 0.29) is 0 Å². The fraction of sp³-hybridized carbons (Fsp3) is 0.625. The van der Waals surface area contributed by atoms with Gasteiger partial charge in [-0.3, -0.25) is 0 Å². The Labute approximate surface area is 71.2 Å². The first kappa shape index (κ1) is 7.17. The minimum atomic E-state index is 0.691. The van der Waals surface area contributed by atoms with E-state index in [0.717, 1.165) is 18.9 Å². The van der Waals surface area contributed by atoms with Gasteiger partial charge in [-0.2, -0.15) is 0 Å². The number of aryl methyl sites for hydroxylation is 1. The number of rotatable bonds is 0. The van der Waals surface area contributed by atoms with Crippen LogP contribution in [0.25, 0.3) is 0 Å². The Hall–Kier alpha value is -0.500. The van der Waals surface area contributed by atoms with Crippen molar-refractivity contribution in [2.75, 3.05) is 0 Å². The molecule has 1 aromatic heterocycles. The van der Waals surface area contributed by atoms with Crippen molar-refractivity contribution in [2.24, 2.45) is 5.92 Å². The maximum Gasteiger partial charge on any atom is 0.150 e. The van der Waals surface area contributed by atoms with E-state index in [0.29, 0.717) is 5.15 Å². The van der Waals surface area contributed by atoms with Gasteiger partial charge in [-0.05, 0) is 18.8 Å². The van der Waals surface area contributed by atoms with Gasteiger partial charge in [0.15, 0.2) is 0 Å². The number of hydrogen-bond donors (Lipinski definition) is 0. The van der Waals surface area contributed by atoms with Crippen LogP contribution in [0.3, 0.4) is 0 Å². The van der Waals surface area contributed by atoms with E-state index in [1.807, 2.05) is 6.33 Å². The van der Waals surface area contributed by atoms with Gasteiger partial charge in [0.1, 0.15) is 5.15 Å². The molecule has 0 spiro atoms. The van der Waals surface area contributed by atoms with Gasteiger partial charge in [0.2, 0.25) is 0 Å². The average Bonchev–Trinajstić information content (AvgIpc) is 2.33. The lowest BCUT2D eigenvalue weighted by atomic mass is 9.99. The number of aromatic nitrogens is 2. The Balaban J connectivity index is 2.37. The minimum Gasteiger partial charge on any atom is -0.333 e. The van der Waals surface area contributed by atoms with Crippen LogP contribution in [-0.4, -0.2) is 9.55 Å². The molecule has 0 fully saturated rings. The molecule has 2 nitrogen and oxygen atoms in total. The van der Waals surface area contributed by atoms with Crippen LogP contribution < -0.4 is 0 Å². The summed E-state index contributed by atoms with van der Waals surface area (Å²) >= 11 is 5.89. The van der Waals surface area contributed by atoms with Gasteiger partial charge in [-0.25, -0.2) is 4.98 Å². The quantitative estimate of drug-likeness (QED) is 0.583. The van der Waals surface area contributed by atoms with E-state index >= 15 is 0 Å². The first-order valence-electron chi connectivity index (χ1n) is 3.97. The molecule has 0 N–H and O–H groups in total. The van der Waals surface area contributed by atoms with Gasteiger partial charge in [-0.1, -0.05) is 18.5 Å². The Morgan fingerprint density at radius 1 is 1.73 bits per heavy atom. The van der Waals surface area contributed by atoms with Crippen LogP contribution in [0, 0.1) is 5.92 Å². The standard InChI is InChI=1S/C8H11ClN2/c1-6-2-3-11-5-10-8(9)7(11)4-6/h5-6H,2-4H2,1H3. The summed E-state index contributed by atoms with van der Waals surface area (Å²) in [5.74, 6) is 0.761. The van der Waals surface area contributed by atoms with Gasteiger partial charge in [0, 0.05) is 6.54 Å². The SMILES string of the molecule is CC1CCn2cnc(Cl)c2C1. The van der Waals surface area contributed by atoms with Gasteiger partial charge < -0.3 is 4.57 Å². The Bertz CT molecular complexity index is 267. The number of nitrogens with zero attached hydrogens (tertiary/aromatic N) is 2. The molecule has 60 valence electrons. The molecule has 11 heavy (non-hydrogen) atoms. The molecule has 0 radical (unpaired) electrons. The van der Waals surface area contributed by atoms with Crippen molar-refractivity contribution in [1.82, 2.24) is 9.55 Å². The van der Waals surface area contributed by atoms with Gasteiger partial charge >= 0.3 is 0 Å². The van der Waals surface area contributed by atoms with Crippen molar-refractivity contribution in [3.05, 3.63) is 17.2 Å². The summed E-state index contributed by atoms with van der Waals surface area (Å²) in [5, 5.41) is 0.691. The van der Waals surface area contributed by atoms with Crippen LogP contribution in [0.2, 0.25) is 5.15 Å². The zero-order chi connectivity index (χ0) is 7.84. The lowest BCUT2D eigenvalue weighted by Gasteiger charge is -2.19. The molecule has 2 rings (SSSR count). The van der Waals surface area contributed by atoms with Gasteiger partial charge in [0.25, 0.3) is 0 Å². The molecule has 1 aliphatic rings. The number of imidazole rings is 1. The highest BCUT2D eigenvalue weighted by atomic mass is 35.5. The van der Waals surface area contributed by atoms with Crippen molar-refractivity contribution in [1.29, 1.82) is 0 Å². The van der Waals surface area contributed by atoms with Crippen molar-refractivity contribution in [3.63, 3.8) is 0 Å². The Kier molecular flexibility index (Phi) is 1.64. The maximum absolute atomic E-state index is 5.89.